The fraction of sp³-hybridized carbons (Fsp3) is 0.562. The van der Waals surface area contributed by atoms with Crippen LogP contribution in [0.15, 0.2) is 24.3 Å². The van der Waals surface area contributed by atoms with Crippen LogP contribution in [0.1, 0.15) is 33.3 Å². The van der Waals surface area contributed by atoms with Gasteiger partial charge in [0.2, 0.25) is 5.91 Å². The van der Waals surface area contributed by atoms with Crippen molar-refractivity contribution in [2.24, 2.45) is 0 Å². The number of nitrogens with two attached hydrogens (primary N) is 1. The Morgan fingerprint density at radius 1 is 1.35 bits per heavy atom. The van der Waals surface area contributed by atoms with E-state index in [0.29, 0.717) is 6.54 Å². The molecule has 0 saturated carbocycles. The van der Waals surface area contributed by atoms with Gasteiger partial charge in [0.15, 0.2) is 0 Å². The van der Waals surface area contributed by atoms with E-state index in [1.807, 2.05) is 23.1 Å². The molecule has 0 atom stereocenters. The van der Waals surface area contributed by atoms with Gasteiger partial charge in [0.25, 0.3) is 0 Å². The molecule has 2 N–H and O–H groups in total. The number of nitrogens with zero attached hydrogens (tertiary/aromatic N) is 2. The van der Waals surface area contributed by atoms with Gasteiger partial charge in [-0.25, -0.2) is 0 Å². The highest BCUT2D eigenvalue weighted by atomic mass is 16.2. The van der Waals surface area contributed by atoms with Crippen molar-refractivity contribution >= 4 is 11.6 Å². The fourth-order valence-electron chi connectivity index (χ4n) is 3.33. The highest BCUT2D eigenvalue weighted by Gasteiger charge is 2.39. The third-order valence-electron chi connectivity index (χ3n) is 3.76. The first-order valence-corrected chi connectivity index (χ1v) is 7.18. The Hall–Kier alpha value is -1.55. The zero-order valence-corrected chi connectivity index (χ0v) is 12.9. The first-order chi connectivity index (χ1) is 9.29. The molecule has 1 saturated heterocycles. The molecule has 1 aromatic carbocycles. The van der Waals surface area contributed by atoms with E-state index in [2.05, 4.69) is 38.7 Å². The zero-order chi connectivity index (χ0) is 14.9. The maximum Gasteiger partial charge on any atom is 0.237 e. The summed E-state index contributed by atoms with van der Waals surface area (Å²) in [5.74, 6) is 0.208. The standard InChI is InChI=1S/C16H25N3O/c1-12(2)19-15(20)10-18(11-16(19,3)4)9-13-6-5-7-14(17)8-13/h5-8,12H,9-11,17H2,1-4H3. The van der Waals surface area contributed by atoms with Crippen molar-refractivity contribution in [1.29, 1.82) is 0 Å². The summed E-state index contributed by atoms with van der Waals surface area (Å²) in [5.41, 5.74) is 7.61. The van der Waals surface area contributed by atoms with Crippen LogP contribution in [0.2, 0.25) is 0 Å². The summed E-state index contributed by atoms with van der Waals surface area (Å²) in [7, 11) is 0. The summed E-state index contributed by atoms with van der Waals surface area (Å²) < 4.78 is 0. The average Bonchev–Trinajstić information content (AvgIpc) is 2.25. The smallest absolute Gasteiger partial charge is 0.237 e. The van der Waals surface area contributed by atoms with Crippen LogP contribution in [0.25, 0.3) is 0 Å². The molecule has 1 aromatic rings. The molecule has 1 aliphatic heterocycles. The summed E-state index contributed by atoms with van der Waals surface area (Å²) in [6.45, 7) is 10.6. The Morgan fingerprint density at radius 2 is 2.05 bits per heavy atom. The van der Waals surface area contributed by atoms with Gasteiger partial charge >= 0.3 is 0 Å². The van der Waals surface area contributed by atoms with Gasteiger partial charge < -0.3 is 10.6 Å². The third kappa shape index (κ3) is 3.12. The van der Waals surface area contributed by atoms with Gasteiger partial charge in [-0.2, -0.15) is 0 Å². The molecular weight excluding hydrogens is 250 g/mol. The van der Waals surface area contributed by atoms with Crippen LogP contribution < -0.4 is 5.73 Å². The Bertz CT molecular complexity index is 496. The molecule has 0 bridgehead atoms. The molecule has 0 aliphatic carbocycles. The minimum atomic E-state index is -0.135. The summed E-state index contributed by atoms with van der Waals surface area (Å²) in [4.78, 5) is 16.6. The topological polar surface area (TPSA) is 49.6 Å². The lowest BCUT2D eigenvalue weighted by Gasteiger charge is -2.49. The van der Waals surface area contributed by atoms with Crippen molar-refractivity contribution < 1.29 is 4.79 Å². The minimum Gasteiger partial charge on any atom is -0.399 e. The van der Waals surface area contributed by atoms with Crippen molar-refractivity contribution in [3.8, 4) is 0 Å². The first kappa shape index (κ1) is 14.9. The predicted octanol–water partition coefficient (Wildman–Crippen LogP) is 2.10. The van der Waals surface area contributed by atoms with E-state index in [-0.39, 0.29) is 17.5 Å². The minimum absolute atomic E-state index is 0.135. The number of hydrogen-bond acceptors (Lipinski definition) is 3. The van der Waals surface area contributed by atoms with Crippen molar-refractivity contribution in [3.05, 3.63) is 29.8 Å². The lowest BCUT2D eigenvalue weighted by atomic mass is 9.96. The van der Waals surface area contributed by atoms with Crippen LogP contribution in [-0.4, -0.2) is 40.4 Å². The first-order valence-electron chi connectivity index (χ1n) is 7.18. The Kier molecular flexibility index (Phi) is 4.04. The van der Waals surface area contributed by atoms with Crippen LogP contribution in [0, 0.1) is 0 Å². The second-order valence-corrected chi connectivity index (χ2v) is 6.56. The monoisotopic (exact) mass is 275 g/mol. The number of rotatable bonds is 3. The van der Waals surface area contributed by atoms with Crippen molar-refractivity contribution in [2.45, 2.75) is 45.8 Å². The van der Waals surface area contributed by atoms with Gasteiger partial charge in [-0.1, -0.05) is 12.1 Å². The van der Waals surface area contributed by atoms with E-state index in [9.17, 15) is 4.79 Å². The Balaban J connectivity index is 2.11. The van der Waals surface area contributed by atoms with Crippen LogP contribution in [0.3, 0.4) is 0 Å². The number of amides is 1. The molecule has 110 valence electrons. The number of carbonyl (C=O) groups excluding carboxylic acids is 1. The predicted molar refractivity (Wildman–Crippen MR) is 82.2 cm³/mol. The van der Waals surface area contributed by atoms with Gasteiger partial charge in [0.05, 0.1) is 12.1 Å². The molecule has 0 unspecified atom stereocenters. The highest BCUT2D eigenvalue weighted by Crippen LogP contribution is 2.25. The van der Waals surface area contributed by atoms with Gasteiger partial charge in [0, 0.05) is 24.8 Å². The number of piperazine rings is 1. The number of nitrogen functional groups attached to an aromatic ring is 1. The number of carbonyl (C=O) groups is 1. The SMILES string of the molecule is CC(C)N1C(=O)CN(Cc2cccc(N)c2)CC1(C)C. The zero-order valence-electron chi connectivity index (χ0n) is 12.9. The normalized spacial score (nSPS) is 19.6. The Morgan fingerprint density at radius 3 is 2.60 bits per heavy atom. The maximum absolute atomic E-state index is 12.4. The molecule has 2 rings (SSSR count). The molecule has 1 fully saturated rings. The largest absolute Gasteiger partial charge is 0.399 e. The van der Waals surface area contributed by atoms with E-state index in [4.69, 9.17) is 5.73 Å². The molecule has 1 aliphatic rings. The molecule has 4 nitrogen and oxygen atoms in total. The van der Waals surface area contributed by atoms with Crippen molar-refractivity contribution in [1.82, 2.24) is 9.80 Å². The number of anilines is 1. The van der Waals surface area contributed by atoms with Crippen molar-refractivity contribution in [3.63, 3.8) is 0 Å². The lowest BCUT2D eigenvalue weighted by molar-refractivity contribution is -0.148. The molecule has 0 spiro atoms. The third-order valence-corrected chi connectivity index (χ3v) is 3.76. The van der Waals surface area contributed by atoms with E-state index in [1.165, 1.54) is 0 Å². The second kappa shape index (κ2) is 5.44. The molecule has 1 amide bonds. The summed E-state index contributed by atoms with van der Waals surface area (Å²) in [5, 5.41) is 0. The van der Waals surface area contributed by atoms with Crippen molar-refractivity contribution in [2.75, 3.05) is 18.8 Å². The fourth-order valence-corrected chi connectivity index (χ4v) is 3.33. The van der Waals surface area contributed by atoms with Gasteiger partial charge in [0.1, 0.15) is 0 Å². The molecule has 4 heteroatoms. The molecule has 0 aromatic heterocycles. The van der Waals surface area contributed by atoms with Crippen LogP contribution in [-0.2, 0) is 11.3 Å². The summed E-state index contributed by atoms with van der Waals surface area (Å²) in [6, 6.07) is 8.12. The van der Waals surface area contributed by atoms with Crippen LogP contribution in [0.5, 0.6) is 0 Å². The van der Waals surface area contributed by atoms with E-state index >= 15 is 0 Å². The van der Waals surface area contributed by atoms with E-state index < -0.39 is 0 Å². The highest BCUT2D eigenvalue weighted by molar-refractivity contribution is 5.80. The molecule has 0 radical (unpaired) electrons. The molecule has 20 heavy (non-hydrogen) atoms. The summed E-state index contributed by atoms with van der Waals surface area (Å²) in [6.07, 6.45) is 0. The lowest BCUT2D eigenvalue weighted by Crippen LogP contribution is -2.63. The van der Waals surface area contributed by atoms with Gasteiger partial charge in [-0.3, -0.25) is 9.69 Å². The second-order valence-electron chi connectivity index (χ2n) is 6.56. The summed E-state index contributed by atoms with van der Waals surface area (Å²) >= 11 is 0. The van der Waals surface area contributed by atoms with E-state index in [0.717, 1.165) is 24.3 Å². The maximum atomic E-state index is 12.4. The van der Waals surface area contributed by atoms with Crippen LogP contribution in [0.4, 0.5) is 5.69 Å². The number of hydrogen-bond donors (Lipinski definition) is 1. The average molecular weight is 275 g/mol. The van der Waals surface area contributed by atoms with Gasteiger partial charge in [-0.15, -0.1) is 0 Å². The molecule has 1 heterocycles. The molecular formula is C16H25N3O. The van der Waals surface area contributed by atoms with Gasteiger partial charge in [-0.05, 0) is 45.4 Å². The quantitative estimate of drug-likeness (QED) is 0.859. The Labute approximate surface area is 121 Å². The number of benzene rings is 1. The van der Waals surface area contributed by atoms with E-state index in [1.54, 1.807) is 0 Å². The van der Waals surface area contributed by atoms with Crippen LogP contribution >= 0.6 is 0 Å².